The Labute approximate surface area is 109 Å². The predicted molar refractivity (Wildman–Crippen MR) is 75.8 cm³/mol. The Kier molecular flexibility index (Phi) is 5.25. The highest BCUT2D eigenvalue weighted by Gasteiger charge is 2.14. The van der Waals surface area contributed by atoms with Crippen molar-refractivity contribution in [2.45, 2.75) is 57.2 Å². The van der Waals surface area contributed by atoms with Crippen LogP contribution in [0.25, 0.3) is 0 Å². The van der Waals surface area contributed by atoms with Gasteiger partial charge in [-0.2, -0.15) is 0 Å². The molecule has 1 aromatic heterocycles. The van der Waals surface area contributed by atoms with Crippen LogP contribution in [0.3, 0.4) is 0 Å². The summed E-state index contributed by atoms with van der Waals surface area (Å²) in [5, 5.41) is 4.33. The second-order valence-corrected chi connectivity index (χ2v) is 6.85. The average molecular weight is 253 g/mol. The molecule has 4 heteroatoms. The van der Waals surface area contributed by atoms with Gasteiger partial charge in [-0.1, -0.05) is 27.7 Å². The maximum Gasteiger partial charge on any atom is 0.132 e. The number of hydrogen-bond donors (Lipinski definition) is 1. The van der Waals surface area contributed by atoms with Crippen molar-refractivity contribution in [3.05, 3.63) is 11.9 Å². The number of thioether (sulfide) groups is 1. The first-order chi connectivity index (χ1) is 7.94. The van der Waals surface area contributed by atoms with E-state index in [2.05, 4.69) is 49.9 Å². The van der Waals surface area contributed by atoms with Gasteiger partial charge >= 0.3 is 0 Å². The van der Waals surface area contributed by atoms with Crippen LogP contribution >= 0.6 is 11.8 Å². The summed E-state index contributed by atoms with van der Waals surface area (Å²) < 4.78 is 0.182. The third-order valence-corrected chi connectivity index (χ3v) is 3.02. The molecule has 0 aliphatic heterocycles. The van der Waals surface area contributed by atoms with Crippen LogP contribution in [0.2, 0.25) is 0 Å². The lowest BCUT2D eigenvalue weighted by atomic mass is 10.3. The van der Waals surface area contributed by atoms with Crippen LogP contribution in [0, 0.1) is 0 Å². The quantitative estimate of drug-likeness (QED) is 0.640. The summed E-state index contributed by atoms with van der Waals surface area (Å²) in [5.41, 5.74) is 0. The smallest absolute Gasteiger partial charge is 0.132 e. The molecule has 0 bridgehead atoms. The van der Waals surface area contributed by atoms with Crippen LogP contribution in [0.5, 0.6) is 0 Å². The van der Waals surface area contributed by atoms with Gasteiger partial charge in [-0.15, -0.1) is 11.8 Å². The minimum absolute atomic E-state index is 0.182. The molecule has 0 saturated heterocycles. The van der Waals surface area contributed by atoms with Gasteiger partial charge in [0.05, 0.1) is 0 Å². The lowest BCUT2D eigenvalue weighted by molar-refractivity contribution is 0.784. The average Bonchev–Trinajstić information content (AvgIpc) is 2.15. The minimum atomic E-state index is 0.182. The molecule has 0 fully saturated rings. The molecule has 0 aliphatic rings. The van der Waals surface area contributed by atoms with E-state index in [1.807, 2.05) is 6.07 Å². The SMILES string of the molecule is CCCc1nc(NCC)cc(SC(C)(C)C)n1. The third-order valence-electron chi connectivity index (χ3n) is 1.99. The molecule has 0 amide bonds. The standard InChI is InChI=1S/C13H23N3S/c1-6-8-10-15-11(14-7-2)9-12(16-10)17-13(3,4)5/h9H,6-8H2,1-5H3,(H,14,15,16). The largest absolute Gasteiger partial charge is 0.370 e. The van der Waals surface area contributed by atoms with Crippen molar-refractivity contribution in [2.24, 2.45) is 0 Å². The lowest BCUT2D eigenvalue weighted by Crippen LogP contribution is -2.10. The second-order valence-electron chi connectivity index (χ2n) is 5.00. The van der Waals surface area contributed by atoms with Gasteiger partial charge in [-0.05, 0) is 13.3 Å². The van der Waals surface area contributed by atoms with E-state index in [0.29, 0.717) is 0 Å². The molecular formula is C13H23N3S. The van der Waals surface area contributed by atoms with E-state index < -0.39 is 0 Å². The summed E-state index contributed by atoms with van der Waals surface area (Å²) in [5.74, 6) is 1.88. The Morgan fingerprint density at radius 2 is 1.94 bits per heavy atom. The number of hydrogen-bond acceptors (Lipinski definition) is 4. The summed E-state index contributed by atoms with van der Waals surface area (Å²) in [6, 6.07) is 2.04. The van der Waals surface area contributed by atoms with Crippen molar-refractivity contribution in [3.8, 4) is 0 Å². The number of aromatic nitrogens is 2. The van der Waals surface area contributed by atoms with Crippen molar-refractivity contribution in [1.82, 2.24) is 9.97 Å². The highest BCUT2D eigenvalue weighted by atomic mass is 32.2. The van der Waals surface area contributed by atoms with Crippen molar-refractivity contribution in [1.29, 1.82) is 0 Å². The molecule has 0 spiro atoms. The molecule has 0 aliphatic carbocycles. The fourth-order valence-electron chi connectivity index (χ4n) is 1.45. The molecule has 1 heterocycles. The van der Waals surface area contributed by atoms with E-state index in [-0.39, 0.29) is 4.75 Å². The molecule has 0 saturated carbocycles. The first-order valence-corrected chi connectivity index (χ1v) is 7.07. The summed E-state index contributed by atoms with van der Waals surface area (Å²) in [6.07, 6.45) is 2.02. The van der Waals surface area contributed by atoms with Crippen molar-refractivity contribution in [3.63, 3.8) is 0 Å². The molecule has 0 unspecified atom stereocenters. The first kappa shape index (κ1) is 14.3. The van der Waals surface area contributed by atoms with Crippen molar-refractivity contribution >= 4 is 17.6 Å². The van der Waals surface area contributed by atoms with Crippen LogP contribution in [-0.2, 0) is 6.42 Å². The Bertz CT molecular complexity index is 334. The normalized spacial score (nSPS) is 11.6. The predicted octanol–water partition coefficient (Wildman–Crippen LogP) is 3.75. The highest BCUT2D eigenvalue weighted by Crippen LogP contribution is 2.31. The van der Waals surface area contributed by atoms with E-state index in [1.54, 1.807) is 11.8 Å². The van der Waals surface area contributed by atoms with E-state index in [4.69, 9.17) is 0 Å². The van der Waals surface area contributed by atoms with Crippen LogP contribution in [0.4, 0.5) is 5.82 Å². The van der Waals surface area contributed by atoms with Gasteiger partial charge in [0, 0.05) is 23.8 Å². The van der Waals surface area contributed by atoms with E-state index in [9.17, 15) is 0 Å². The summed E-state index contributed by atoms with van der Waals surface area (Å²) in [7, 11) is 0. The van der Waals surface area contributed by atoms with Crippen molar-refractivity contribution in [2.75, 3.05) is 11.9 Å². The Morgan fingerprint density at radius 1 is 1.24 bits per heavy atom. The summed E-state index contributed by atoms with van der Waals surface area (Å²) in [4.78, 5) is 9.11. The van der Waals surface area contributed by atoms with Gasteiger partial charge in [0.2, 0.25) is 0 Å². The number of anilines is 1. The number of rotatable bonds is 5. The van der Waals surface area contributed by atoms with Gasteiger partial charge in [0.1, 0.15) is 16.7 Å². The number of aryl methyl sites for hydroxylation is 1. The number of nitrogens with zero attached hydrogens (tertiary/aromatic N) is 2. The zero-order valence-corrected chi connectivity index (χ0v) is 12.3. The van der Waals surface area contributed by atoms with Gasteiger partial charge in [-0.25, -0.2) is 9.97 Å². The molecule has 96 valence electrons. The second kappa shape index (κ2) is 6.24. The zero-order valence-electron chi connectivity index (χ0n) is 11.5. The molecular weight excluding hydrogens is 230 g/mol. The monoisotopic (exact) mass is 253 g/mol. The Balaban J connectivity index is 2.94. The fraction of sp³-hybridized carbons (Fsp3) is 0.692. The Morgan fingerprint density at radius 3 is 2.47 bits per heavy atom. The lowest BCUT2D eigenvalue weighted by Gasteiger charge is -2.17. The molecule has 0 radical (unpaired) electrons. The third kappa shape index (κ3) is 5.39. The zero-order chi connectivity index (χ0) is 12.9. The summed E-state index contributed by atoms with van der Waals surface area (Å²) >= 11 is 1.79. The molecule has 17 heavy (non-hydrogen) atoms. The van der Waals surface area contributed by atoms with Crippen LogP contribution in [-0.4, -0.2) is 21.3 Å². The molecule has 3 nitrogen and oxygen atoms in total. The highest BCUT2D eigenvalue weighted by molar-refractivity contribution is 8.00. The van der Waals surface area contributed by atoms with E-state index >= 15 is 0 Å². The molecule has 0 aromatic carbocycles. The van der Waals surface area contributed by atoms with Crippen LogP contribution < -0.4 is 5.32 Å². The maximum absolute atomic E-state index is 4.60. The fourth-order valence-corrected chi connectivity index (χ4v) is 2.39. The van der Waals surface area contributed by atoms with Crippen molar-refractivity contribution < 1.29 is 0 Å². The van der Waals surface area contributed by atoms with Crippen LogP contribution in [0.1, 0.15) is 46.9 Å². The van der Waals surface area contributed by atoms with Gasteiger partial charge in [-0.3, -0.25) is 0 Å². The minimum Gasteiger partial charge on any atom is -0.370 e. The maximum atomic E-state index is 4.60. The first-order valence-electron chi connectivity index (χ1n) is 6.25. The number of nitrogens with one attached hydrogen (secondary N) is 1. The molecule has 1 aromatic rings. The van der Waals surface area contributed by atoms with Crippen LogP contribution in [0.15, 0.2) is 11.1 Å². The van der Waals surface area contributed by atoms with Gasteiger partial charge < -0.3 is 5.32 Å². The molecule has 1 rings (SSSR count). The van der Waals surface area contributed by atoms with Gasteiger partial charge in [0.25, 0.3) is 0 Å². The molecule has 1 N–H and O–H groups in total. The summed E-state index contributed by atoms with van der Waals surface area (Å²) in [6.45, 7) is 11.7. The van der Waals surface area contributed by atoms with E-state index in [0.717, 1.165) is 36.1 Å². The topological polar surface area (TPSA) is 37.8 Å². The van der Waals surface area contributed by atoms with Gasteiger partial charge in [0.15, 0.2) is 0 Å². The Hall–Kier alpha value is -0.770. The van der Waals surface area contributed by atoms with E-state index in [1.165, 1.54) is 0 Å². The molecule has 0 atom stereocenters.